The van der Waals surface area contributed by atoms with Crippen LogP contribution >= 0.6 is 22.9 Å². The largest absolute Gasteiger partial charge is 0.335 e. The van der Waals surface area contributed by atoms with Gasteiger partial charge in [0.05, 0.1) is 4.92 Å². The van der Waals surface area contributed by atoms with E-state index in [1.807, 2.05) is 0 Å². The van der Waals surface area contributed by atoms with Gasteiger partial charge in [0, 0.05) is 5.92 Å². The quantitative estimate of drug-likeness (QED) is 0.668. The van der Waals surface area contributed by atoms with Gasteiger partial charge >= 0.3 is 5.69 Å². The summed E-state index contributed by atoms with van der Waals surface area (Å²) in [5.74, 6) is -0.0359. The van der Waals surface area contributed by atoms with Crippen molar-refractivity contribution in [3.8, 4) is 0 Å². The standard InChI is InChI=1S/C8H8ClN3O4S2/c1-3(2)7-10-4-5(12(13)14)6(9)17-8(4)18(15,16)11-7/h3H,1-2H3,(H,10,11). The number of amidine groups is 1. The fourth-order valence-electron chi connectivity index (χ4n) is 1.40. The zero-order valence-corrected chi connectivity index (χ0v) is 11.7. The molecule has 0 radical (unpaired) electrons. The monoisotopic (exact) mass is 309 g/mol. The fourth-order valence-corrected chi connectivity index (χ4v) is 4.41. The van der Waals surface area contributed by atoms with Crippen LogP contribution in [0, 0.1) is 16.0 Å². The second kappa shape index (κ2) is 4.18. The first kappa shape index (κ1) is 13.2. The molecule has 0 aliphatic carbocycles. The molecule has 0 fully saturated rings. The predicted octanol–water partition coefficient (Wildman–Crippen LogP) is 2.48. The van der Waals surface area contributed by atoms with Gasteiger partial charge in [0.25, 0.3) is 10.0 Å². The summed E-state index contributed by atoms with van der Waals surface area (Å²) in [7, 11) is -3.92. The van der Waals surface area contributed by atoms with Gasteiger partial charge in [-0.1, -0.05) is 25.4 Å². The molecule has 2 rings (SSSR count). The molecule has 98 valence electrons. The van der Waals surface area contributed by atoms with Crippen LogP contribution in [0.2, 0.25) is 4.34 Å². The van der Waals surface area contributed by atoms with Crippen LogP contribution in [0.15, 0.2) is 8.61 Å². The highest BCUT2D eigenvalue weighted by molar-refractivity contribution is 7.92. The average molecular weight is 310 g/mol. The summed E-state index contributed by atoms with van der Waals surface area (Å²) < 4.78 is 26.9. The third kappa shape index (κ3) is 1.98. The number of nitro groups is 1. The summed E-state index contributed by atoms with van der Waals surface area (Å²) in [6.07, 6.45) is 0. The number of anilines is 1. The first-order valence-electron chi connectivity index (χ1n) is 4.82. The number of halogens is 1. The Morgan fingerprint density at radius 2 is 2.11 bits per heavy atom. The molecule has 10 heteroatoms. The molecule has 0 saturated carbocycles. The van der Waals surface area contributed by atoms with Gasteiger partial charge in [0.1, 0.15) is 5.84 Å². The van der Waals surface area contributed by atoms with Crippen molar-refractivity contribution in [2.45, 2.75) is 18.1 Å². The summed E-state index contributed by atoms with van der Waals surface area (Å²) in [6, 6.07) is 0. The Hall–Kier alpha value is -1.19. The van der Waals surface area contributed by atoms with Gasteiger partial charge in [-0.25, -0.2) is 0 Å². The van der Waals surface area contributed by atoms with Gasteiger partial charge < -0.3 is 5.32 Å². The van der Waals surface area contributed by atoms with E-state index in [9.17, 15) is 18.5 Å². The number of sulfonamides is 1. The van der Waals surface area contributed by atoms with Crippen molar-refractivity contribution in [2.75, 3.05) is 5.32 Å². The van der Waals surface area contributed by atoms with Crippen LogP contribution in [0.25, 0.3) is 0 Å². The number of fused-ring (bicyclic) bond motifs is 1. The van der Waals surface area contributed by atoms with Crippen molar-refractivity contribution in [3.05, 3.63) is 14.5 Å². The molecule has 1 aromatic rings. The highest BCUT2D eigenvalue weighted by Crippen LogP contribution is 2.47. The second-order valence-electron chi connectivity index (χ2n) is 3.88. The Bertz CT molecular complexity index is 662. The van der Waals surface area contributed by atoms with Gasteiger partial charge in [-0.2, -0.15) is 8.42 Å². The normalized spacial score (nSPS) is 17.0. The molecule has 1 aromatic heterocycles. The molecule has 0 amide bonds. The van der Waals surface area contributed by atoms with Gasteiger partial charge in [-0.05, 0) is 0 Å². The lowest BCUT2D eigenvalue weighted by molar-refractivity contribution is -0.383. The van der Waals surface area contributed by atoms with E-state index in [2.05, 4.69) is 9.71 Å². The van der Waals surface area contributed by atoms with Gasteiger partial charge in [-0.15, -0.1) is 15.7 Å². The fraction of sp³-hybridized carbons (Fsp3) is 0.375. The molecule has 1 aliphatic rings. The molecule has 0 aromatic carbocycles. The Labute approximate surface area is 112 Å². The van der Waals surface area contributed by atoms with Crippen LogP contribution in [0.4, 0.5) is 11.4 Å². The van der Waals surface area contributed by atoms with Crippen LogP contribution in [0.1, 0.15) is 13.8 Å². The number of hydrogen-bond donors (Lipinski definition) is 1. The smallest absolute Gasteiger partial charge is 0.323 e. The van der Waals surface area contributed by atoms with Crippen molar-refractivity contribution in [1.29, 1.82) is 0 Å². The molecule has 0 atom stereocenters. The minimum Gasteiger partial charge on any atom is -0.335 e. The van der Waals surface area contributed by atoms with E-state index in [4.69, 9.17) is 11.6 Å². The third-order valence-corrected chi connectivity index (χ3v) is 5.41. The lowest BCUT2D eigenvalue weighted by Crippen LogP contribution is -2.25. The molecule has 0 unspecified atom stereocenters. The summed E-state index contributed by atoms with van der Waals surface area (Å²) in [5, 5.41) is 13.6. The topological polar surface area (TPSA) is 102 Å². The van der Waals surface area contributed by atoms with E-state index in [-0.39, 0.29) is 26.0 Å². The van der Waals surface area contributed by atoms with Crippen molar-refractivity contribution in [1.82, 2.24) is 0 Å². The molecule has 18 heavy (non-hydrogen) atoms. The van der Waals surface area contributed by atoms with Gasteiger partial charge in [-0.3, -0.25) is 10.1 Å². The minimum absolute atomic E-state index is 0.0892. The highest BCUT2D eigenvalue weighted by atomic mass is 35.5. The molecule has 0 saturated heterocycles. The van der Waals surface area contributed by atoms with Gasteiger partial charge in [0.2, 0.25) is 0 Å². The first-order chi connectivity index (χ1) is 8.24. The second-order valence-corrected chi connectivity index (χ2v) is 7.30. The Morgan fingerprint density at radius 3 is 2.61 bits per heavy atom. The molecule has 0 spiro atoms. The maximum atomic E-state index is 11.9. The summed E-state index contributed by atoms with van der Waals surface area (Å²) in [4.78, 5) is 10.2. The van der Waals surface area contributed by atoms with Crippen LogP contribution < -0.4 is 5.32 Å². The zero-order chi connectivity index (χ0) is 13.7. The highest BCUT2D eigenvalue weighted by Gasteiger charge is 2.37. The molecule has 7 nitrogen and oxygen atoms in total. The summed E-state index contributed by atoms with van der Waals surface area (Å²) >= 11 is 6.34. The molecule has 0 bridgehead atoms. The molecule has 1 N–H and O–H groups in total. The number of rotatable bonds is 2. The maximum absolute atomic E-state index is 11.9. The minimum atomic E-state index is -3.92. The van der Waals surface area contributed by atoms with E-state index in [1.54, 1.807) is 13.8 Å². The Balaban J connectivity index is 2.71. The van der Waals surface area contributed by atoms with Gasteiger partial charge in [0.15, 0.2) is 14.2 Å². The maximum Gasteiger partial charge on any atom is 0.323 e. The number of thiophene rings is 1. The van der Waals surface area contributed by atoms with Crippen molar-refractivity contribution in [3.63, 3.8) is 0 Å². The van der Waals surface area contributed by atoms with E-state index in [0.29, 0.717) is 11.3 Å². The summed E-state index contributed by atoms with van der Waals surface area (Å²) in [5.41, 5.74) is -0.512. The van der Waals surface area contributed by atoms with E-state index in [0.717, 1.165) is 0 Å². The van der Waals surface area contributed by atoms with E-state index in [1.165, 1.54) is 0 Å². The lowest BCUT2D eigenvalue weighted by Gasteiger charge is -2.16. The predicted molar refractivity (Wildman–Crippen MR) is 69.1 cm³/mol. The van der Waals surface area contributed by atoms with Crippen LogP contribution in [0.5, 0.6) is 0 Å². The van der Waals surface area contributed by atoms with Crippen molar-refractivity contribution < 1.29 is 13.3 Å². The number of nitrogens with zero attached hydrogens (tertiary/aromatic N) is 2. The molecular formula is C8H8ClN3O4S2. The summed E-state index contributed by atoms with van der Waals surface area (Å²) in [6.45, 7) is 3.46. The van der Waals surface area contributed by atoms with Crippen LogP contribution in [0.3, 0.4) is 0 Å². The number of hydrogen-bond acceptors (Lipinski definition) is 6. The van der Waals surface area contributed by atoms with E-state index >= 15 is 0 Å². The Morgan fingerprint density at radius 1 is 1.50 bits per heavy atom. The lowest BCUT2D eigenvalue weighted by atomic mass is 10.2. The van der Waals surface area contributed by atoms with E-state index < -0.39 is 20.6 Å². The molecular weight excluding hydrogens is 302 g/mol. The Kier molecular flexibility index (Phi) is 3.07. The third-order valence-electron chi connectivity index (χ3n) is 2.24. The first-order valence-corrected chi connectivity index (χ1v) is 7.46. The average Bonchev–Trinajstić information content (AvgIpc) is 2.54. The van der Waals surface area contributed by atoms with Crippen LogP contribution in [-0.2, 0) is 10.0 Å². The molecule has 2 heterocycles. The number of nitrogens with one attached hydrogen (secondary N) is 1. The van der Waals surface area contributed by atoms with Crippen molar-refractivity contribution in [2.24, 2.45) is 10.3 Å². The van der Waals surface area contributed by atoms with Crippen LogP contribution in [-0.4, -0.2) is 19.2 Å². The SMILES string of the molecule is CC(C)C1=NS(=O)(=O)c2sc(Cl)c([N+](=O)[O-])c2N1. The zero-order valence-electron chi connectivity index (χ0n) is 9.30. The van der Waals surface area contributed by atoms with Crippen molar-refractivity contribution >= 4 is 50.2 Å². The molecule has 1 aliphatic heterocycles.